The van der Waals surface area contributed by atoms with Crippen LogP contribution < -0.4 is 4.74 Å². The van der Waals surface area contributed by atoms with Gasteiger partial charge in [0.05, 0.1) is 19.0 Å². The van der Waals surface area contributed by atoms with Crippen LogP contribution in [-0.2, 0) is 0 Å². The number of aromatic carboxylic acids is 1. The molecule has 2 aromatic heterocycles. The third-order valence-corrected chi connectivity index (χ3v) is 3.23. The predicted octanol–water partition coefficient (Wildman–Crippen LogP) is 2.41. The van der Waals surface area contributed by atoms with Crippen LogP contribution in [0.4, 0.5) is 0 Å². The molecule has 0 fully saturated rings. The lowest BCUT2D eigenvalue weighted by Crippen LogP contribution is -2.08. The molecule has 21 heavy (non-hydrogen) atoms. The van der Waals surface area contributed by atoms with Crippen LogP contribution in [0.25, 0.3) is 16.9 Å². The minimum atomic E-state index is -1.05. The zero-order chi connectivity index (χ0) is 15.0. The molecule has 6 nitrogen and oxygen atoms in total. The van der Waals surface area contributed by atoms with Gasteiger partial charge in [0.15, 0.2) is 11.3 Å². The summed E-state index contributed by atoms with van der Waals surface area (Å²) >= 11 is 0. The molecule has 0 spiro atoms. The van der Waals surface area contributed by atoms with Crippen LogP contribution in [-0.4, -0.2) is 32.8 Å². The smallest absolute Gasteiger partial charge is 0.354 e. The highest BCUT2D eigenvalue weighted by molar-refractivity contribution is 5.88. The van der Waals surface area contributed by atoms with Crippen LogP contribution in [0.3, 0.4) is 0 Å². The minimum Gasteiger partial charge on any atom is -0.497 e. The summed E-state index contributed by atoms with van der Waals surface area (Å²) in [6.07, 6.45) is 1.60. The Balaban J connectivity index is 2.27. The Morgan fingerprint density at radius 3 is 2.86 bits per heavy atom. The second-order valence-corrected chi connectivity index (χ2v) is 4.63. The van der Waals surface area contributed by atoms with E-state index < -0.39 is 5.97 Å². The maximum Gasteiger partial charge on any atom is 0.354 e. The first-order chi connectivity index (χ1) is 10.1. The Labute approximate surface area is 120 Å². The minimum absolute atomic E-state index is 0.0749. The van der Waals surface area contributed by atoms with Crippen molar-refractivity contribution in [1.29, 1.82) is 0 Å². The summed E-state index contributed by atoms with van der Waals surface area (Å²) in [5, 5.41) is 13.4. The summed E-state index contributed by atoms with van der Waals surface area (Å²) in [4.78, 5) is 15.9. The normalized spacial score (nSPS) is 10.8. The average Bonchev–Trinajstić information content (AvgIpc) is 2.88. The fraction of sp³-hybridized carbons (Fsp3) is 0.133. The fourth-order valence-corrected chi connectivity index (χ4v) is 2.16. The molecule has 0 aliphatic carbocycles. The summed E-state index contributed by atoms with van der Waals surface area (Å²) in [7, 11) is 1.58. The molecule has 0 bridgehead atoms. The van der Waals surface area contributed by atoms with Gasteiger partial charge < -0.3 is 9.84 Å². The average molecular weight is 283 g/mol. The second kappa shape index (κ2) is 4.90. The van der Waals surface area contributed by atoms with Crippen molar-refractivity contribution >= 4 is 11.6 Å². The van der Waals surface area contributed by atoms with E-state index >= 15 is 0 Å². The molecule has 0 aliphatic rings. The number of fused-ring (bicyclic) bond motifs is 1. The van der Waals surface area contributed by atoms with Crippen molar-refractivity contribution < 1.29 is 14.6 Å². The van der Waals surface area contributed by atoms with Crippen LogP contribution >= 0.6 is 0 Å². The summed E-state index contributed by atoms with van der Waals surface area (Å²) in [5.74, 6) is -0.356. The Hall–Kier alpha value is -2.89. The molecule has 2 heterocycles. The maximum absolute atomic E-state index is 11.4. The van der Waals surface area contributed by atoms with E-state index in [0.29, 0.717) is 17.1 Å². The first-order valence-electron chi connectivity index (χ1n) is 6.33. The SMILES string of the molecule is COc1cccc(-c2cc(C(=O)O)n3ncc(C)c3n2)c1. The molecule has 6 heteroatoms. The van der Waals surface area contributed by atoms with E-state index in [1.807, 2.05) is 31.2 Å². The molecule has 3 aromatic rings. The quantitative estimate of drug-likeness (QED) is 0.798. The predicted molar refractivity (Wildman–Crippen MR) is 76.7 cm³/mol. The number of aromatic nitrogens is 3. The van der Waals surface area contributed by atoms with Crippen LogP contribution in [0.2, 0.25) is 0 Å². The number of ether oxygens (including phenoxy) is 1. The molecular weight excluding hydrogens is 270 g/mol. The van der Waals surface area contributed by atoms with E-state index in [9.17, 15) is 9.90 Å². The number of carboxylic acid groups (broad SMARTS) is 1. The molecule has 0 saturated carbocycles. The van der Waals surface area contributed by atoms with Crippen LogP contribution in [0, 0.1) is 6.92 Å². The van der Waals surface area contributed by atoms with Crippen molar-refractivity contribution in [2.24, 2.45) is 0 Å². The summed E-state index contributed by atoms with van der Waals surface area (Å²) in [5.41, 5.74) is 2.79. The van der Waals surface area contributed by atoms with E-state index in [2.05, 4.69) is 10.1 Å². The van der Waals surface area contributed by atoms with Gasteiger partial charge in [-0.05, 0) is 25.1 Å². The van der Waals surface area contributed by atoms with Crippen molar-refractivity contribution in [3.8, 4) is 17.0 Å². The van der Waals surface area contributed by atoms with Gasteiger partial charge >= 0.3 is 5.97 Å². The molecular formula is C15H13N3O3. The highest BCUT2D eigenvalue weighted by Gasteiger charge is 2.15. The van der Waals surface area contributed by atoms with Gasteiger partial charge in [0, 0.05) is 11.1 Å². The first kappa shape index (κ1) is 13.1. The van der Waals surface area contributed by atoms with Crippen molar-refractivity contribution in [3.05, 3.63) is 47.8 Å². The Morgan fingerprint density at radius 2 is 2.14 bits per heavy atom. The Kier molecular flexibility index (Phi) is 3.06. The van der Waals surface area contributed by atoms with Gasteiger partial charge in [-0.2, -0.15) is 5.10 Å². The van der Waals surface area contributed by atoms with Gasteiger partial charge in [-0.1, -0.05) is 12.1 Å². The van der Waals surface area contributed by atoms with Crippen molar-refractivity contribution in [2.45, 2.75) is 6.92 Å². The number of aryl methyl sites for hydroxylation is 1. The van der Waals surface area contributed by atoms with Gasteiger partial charge in [0.25, 0.3) is 0 Å². The van der Waals surface area contributed by atoms with E-state index in [0.717, 1.165) is 11.1 Å². The number of benzene rings is 1. The second-order valence-electron chi connectivity index (χ2n) is 4.63. The van der Waals surface area contributed by atoms with Crippen LogP contribution in [0.15, 0.2) is 36.5 Å². The molecule has 0 atom stereocenters. The van der Waals surface area contributed by atoms with Crippen molar-refractivity contribution in [1.82, 2.24) is 14.6 Å². The topological polar surface area (TPSA) is 76.7 Å². The number of carbonyl (C=O) groups is 1. The lowest BCUT2D eigenvalue weighted by molar-refractivity contribution is 0.0687. The van der Waals surface area contributed by atoms with Crippen LogP contribution in [0.1, 0.15) is 16.1 Å². The molecule has 0 aliphatic heterocycles. The van der Waals surface area contributed by atoms with Gasteiger partial charge in [-0.3, -0.25) is 0 Å². The zero-order valence-corrected chi connectivity index (χ0v) is 11.6. The summed E-state index contributed by atoms with van der Waals surface area (Å²) < 4.78 is 6.52. The number of rotatable bonds is 3. The summed E-state index contributed by atoms with van der Waals surface area (Å²) in [6, 6.07) is 8.85. The zero-order valence-electron chi connectivity index (χ0n) is 11.6. The fourth-order valence-electron chi connectivity index (χ4n) is 2.16. The molecule has 1 aromatic carbocycles. The summed E-state index contributed by atoms with van der Waals surface area (Å²) in [6.45, 7) is 1.84. The largest absolute Gasteiger partial charge is 0.497 e. The van der Waals surface area contributed by atoms with E-state index in [1.54, 1.807) is 13.3 Å². The van der Waals surface area contributed by atoms with E-state index in [4.69, 9.17) is 4.74 Å². The standard InChI is InChI=1S/C15H13N3O3/c1-9-8-16-18-13(15(19)20)7-12(17-14(9)18)10-4-3-5-11(6-10)21-2/h3-8H,1-2H3,(H,19,20). The molecule has 106 valence electrons. The van der Waals surface area contributed by atoms with Gasteiger partial charge in [0.2, 0.25) is 0 Å². The number of nitrogens with zero attached hydrogens (tertiary/aromatic N) is 3. The van der Waals surface area contributed by atoms with E-state index in [-0.39, 0.29) is 5.69 Å². The van der Waals surface area contributed by atoms with Crippen molar-refractivity contribution in [3.63, 3.8) is 0 Å². The maximum atomic E-state index is 11.4. The van der Waals surface area contributed by atoms with E-state index in [1.165, 1.54) is 10.6 Å². The lowest BCUT2D eigenvalue weighted by Gasteiger charge is -2.07. The molecule has 3 rings (SSSR count). The molecule has 0 amide bonds. The number of carboxylic acids is 1. The lowest BCUT2D eigenvalue weighted by atomic mass is 10.1. The van der Waals surface area contributed by atoms with Gasteiger partial charge in [-0.25, -0.2) is 14.3 Å². The van der Waals surface area contributed by atoms with Crippen LogP contribution in [0.5, 0.6) is 5.75 Å². The Bertz CT molecular complexity index is 839. The highest BCUT2D eigenvalue weighted by atomic mass is 16.5. The van der Waals surface area contributed by atoms with Gasteiger partial charge in [0.1, 0.15) is 5.75 Å². The van der Waals surface area contributed by atoms with Gasteiger partial charge in [-0.15, -0.1) is 0 Å². The molecule has 0 saturated heterocycles. The Morgan fingerprint density at radius 1 is 1.33 bits per heavy atom. The monoisotopic (exact) mass is 283 g/mol. The third kappa shape index (κ3) is 2.20. The first-order valence-corrected chi connectivity index (χ1v) is 6.33. The third-order valence-electron chi connectivity index (χ3n) is 3.23. The number of methoxy groups -OCH3 is 1. The number of hydrogen-bond acceptors (Lipinski definition) is 4. The molecule has 0 radical (unpaired) electrons. The molecule has 0 unspecified atom stereocenters. The molecule has 1 N–H and O–H groups in total. The van der Waals surface area contributed by atoms with Crippen molar-refractivity contribution in [2.75, 3.05) is 7.11 Å². The number of hydrogen-bond donors (Lipinski definition) is 1. The highest BCUT2D eigenvalue weighted by Crippen LogP contribution is 2.24.